The van der Waals surface area contributed by atoms with E-state index in [2.05, 4.69) is 24.3 Å². The minimum absolute atomic E-state index is 0.213. The summed E-state index contributed by atoms with van der Waals surface area (Å²) in [4.78, 5) is 17.1. The molecule has 0 aliphatic carbocycles. The molecule has 2 aliphatic heterocycles. The first-order valence-electron chi connectivity index (χ1n) is 7.77. The molecule has 0 spiro atoms. The van der Waals surface area contributed by atoms with Crippen LogP contribution in [0.4, 0.5) is 0 Å². The number of nitrogens with zero attached hydrogens (tertiary/aromatic N) is 2. The van der Waals surface area contributed by atoms with Crippen molar-refractivity contribution in [2.75, 3.05) is 53.9 Å². The zero-order valence-electron chi connectivity index (χ0n) is 13.2. The molecule has 0 unspecified atom stereocenters. The molecule has 0 aromatic carbocycles. The molecule has 20 heavy (non-hydrogen) atoms. The van der Waals surface area contributed by atoms with Gasteiger partial charge in [-0.2, -0.15) is 0 Å². The Morgan fingerprint density at radius 3 is 2.40 bits per heavy atom. The molecule has 116 valence electrons. The van der Waals surface area contributed by atoms with E-state index < -0.39 is 5.60 Å². The fourth-order valence-electron chi connectivity index (χ4n) is 3.46. The molecule has 5 heteroatoms. The van der Waals surface area contributed by atoms with Gasteiger partial charge < -0.3 is 19.9 Å². The first-order chi connectivity index (χ1) is 9.57. The van der Waals surface area contributed by atoms with Crippen LogP contribution in [-0.2, 0) is 9.53 Å². The highest BCUT2D eigenvalue weighted by Gasteiger charge is 2.43. The van der Waals surface area contributed by atoms with Crippen LogP contribution in [0.3, 0.4) is 0 Å². The fourth-order valence-corrected chi connectivity index (χ4v) is 3.46. The maximum atomic E-state index is 12.8. The predicted molar refractivity (Wildman–Crippen MR) is 79.7 cm³/mol. The van der Waals surface area contributed by atoms with E-state index in [0.717, 1.165) is 64.3 Å². The third kappa shape index (κ3) is 3.51. The molecule has 2 saturated heterocycles. The zero-order valence-corrected chi connectivity index (χ0v) is 13.2. The summed E-state index contributed by atoms with van der Waals surface area (Å²) in [6, 6.07) is 0. The molecule has 1 N–H and O–H groups in total. The number of hydrogen-bond acceptors (Lipinski definition) is 4. The summed E-state index contributed by atoms with van der Waals surface area (Å²) >= 11 is 0. The number of carbonyl (C=O) groups is 1. The monoisotopic (exact) mass is 283 g/mol. The number of nitrogens with one attached hydrogen (secondary N) is 1. The number of piperidine rings is 2. The van der Waals surface area contributed by atoms with Crippen LogP contribution in [0.25, 0.3) is 0 Å². The number of carbonyl (C=O) groups excluding carboxylic acids is 1. The van der Waals surface area contributed by atoms with E-state index in [1.165, 1.54) is 0 Å². The molecule has 2 rings (SSSR count). The zero-order chi connectivity index (χ0) is 14.6. The molecule has 0 aromatic rings. The second-order valence-corrected chi connectivity index (χ2v) is 6.45. The molecular weight excluding hydrogens is 254 g/mol. The standard InChI is InChI=1S/C15H29N3O2/c1-17(2)12-13-4-10-18(11-5-13)14(19)15(20-3)6-8-16-9-7-15/h13,16H,4-12H2,1-3H3. The van der Waals surface area contributed by atoms with E-state index in [1.54, 1.807) is 7.11 Å². The lowest BCUT2D eigenvalue weighted by Gasteiger charge is -2.41. The van der Waals surface area contributed by atoms with Crippen LogP contribution < -0.4 is 5.32 Å². The van der Waals surface area contributed by atoms with Crippen LogP contribution >= 0.6 is 0 Å². The second-order valence-electron chi connectivity index (χ2n) is 6.45. The van der Waals surface area contributed by atoms with Gasteiger partial charge >= 0.3 is 0 Å². The van der Waals surface area contributed by atoms with Gasteiger partial charge in [-0.3, -0.25) is 4.79 Å². The van der Waals surface area contributed by atoms with Crippen LogP contribution in [0, 0.1) is 5.92 Å². The Morgan fingerprint density at radius 2 is 1.90 bits per heavy atom. The van der Waals surface area contributed by atoms with E-state index in [4.69, 9.17) is 4.74 Å². The summed E-state index contributed by atoms with van der Waals surface area (Å²) in [5, 5.41) is 3.30. The van der Waals surface area contributed by atoms with Gasteiger partial charge in [0.25, 0.3) is 5.91 Å². The molecule has 2 fully saturated rings. The molecule has 5 nitrogen and oxygen atoms in total. The third-order valence-electron chi connectivity index (χ3n) is 4.72. The molecule has 0 atom stereocenters. The Labute approximate surface area is 122 Å². The molecule has 0 aromatic heterocycles. The van der Waals surface area contributed by atoms with E-state index in [0.29, 0.717) is 0 Å². The Balaban J connectivity index is 1.90. The van der Waals surface area contributed by atoms with Gasteiger partial charge in [0.2, 0.25) is 0 Å². The maximum absolute atomic E-state index is 12.8. The average Bonchev–Trinajstić information content (AvgIpc) is 2.47. The Bertz CT molecular complexity index is 319. The lowest BCUT2D eigenvalue weighted by molar-refractivity contribution is -0.159. The van der Waals surface area contributed by atoms with Crippen molar-refractivity contribution in [1.29, 1.82) is 0 Å². The molecule has 2 aliphatic rings. The summed E-state index contributed by atoms with van der Waals surface area (Å²) < 4.78 is 5.65. The van der Waals surface area contributed by atoms with Crippen LogP contribution in [-0.4, -0.2) is 75.2 Å². The molecule has 0 saturated carbocycles. The van der Waals surface area contributed by atoms with E-state index in [-0.39, 0.29) is 5.91 Å². The number of ether oxygens (including phenoxy) is 1. The van der Waals surface area contributed by atoms with Gasteiger partial charge in [0.15, 0.2) is 0 Å². The van der Waals surface area contributed by atoms with Crippen molar-refractivity contribution in [1.82, 2.24) is 15.1 Å². The fraction of sp³-hybridized carbons (Fsp3) is 0.933. The first kappa shape index (κ1) is 15.7. The lowest BCUT2D eigenvalue weighted by atomic mass is 9.88. The average molecular weight is 283 g/mol. The predicted octanol–water partition coefficient (Wildman–Crippen LogP) is 0.555. The van der Waals surface area contributed by atoms with E-state index in [9.17, 15) is 4.79 Å². The Hall–Kier alpha value is -0.650. The van der Waals surface area contributed by atoms with Crippen LogP contribution in [0.15, 0.2) is 0 Å². The van der Waals surface area contributed by atoms with Crippen molar-refractivity contribution in [2.45, 2.75) is 31.3 Å². The first-order valence-corrected chi connectivity index (χ1v) is 7.77. The second kappa shape index (κ2) is 6.87. The Kier molecular flexibility index (Phi) is 5.41. The van der Waals surface area contributed by atoms with E-state index in [1.807, 2.05) is 4.90 Å². The highest BCUT2D eigenvalue weighted by molar-refractivity contribution is 5.85. The Morgan fingerprint density at radius 1 is 1.30 bits per heavy atom. The van der Waals surface area contributed by atoms with Crippen molar-refractivity contribution in [3.05, 3.63) is 0 Å². The smallest absolute Gasteiger partial charge is 0.254 e. The van der Waals surface area contributed by atoms with Gasteiger partial charge in [0.05, 0.1) is 0 Å². The van der Waals surface area contributed by atoms with Crippen molar-refractivity contribution in [3.63, 3.8) is 0 Å². The summed E-state index contributed by atoms with van der Waals surface area (Å²) in [5.41, 5.74) is -0.570. The van der Waals surface area contributed by atoms with Crippen molar-refractivity contribution in [3.8, 4) is 0 Å². The topological polar surface area (TPSA) is 44.8 Å². The van der Waals surface area contributed by atoms with Gasteiger partial charge in [-0.25, -0.2) is 0 Å². The molecule has 1 amide bonds. The number of methoxy groups -OCH3 is 1. The van der Waals surface area contributed by atoms with Crippen molar-refractivity contribution < 1.29 is 9.53 Å². The number of rotatable bonds is 4. The van der Waals surface area contributed by atoms with Gasteiger partial charge in [-0.1, -0.05) is 0 Å². The minimum atomic E-state index is -0.570. The summed E-state index contributed by atoms with van der Waals surface area (Å²) in [5.74, 6) is 0.936. The van der Waals surface area contributed by atoms with Crippen LogP contribution in [0.2, 0.25) is 0 Å². The summed E-state index contributed by atoms with van der Waals surface area (Å²) in [6.45, 7) is 4.64. The lowest BCUT2D eigenvalue weighted by Crippen LogP contribution is -2.56. The van der Waals surface area contributed by atoms with Crippen molar-refractivity contribution >= 4 is 5.91 Å². The largest absolute Gasteiger partial charge is 0.368 e. The van der Waals surface area contributed by atoms with Gasteiger partial charge in [-0.15, -0.1) is 0 Å². The van der Waals surface area contributed by atoms with Gasteiger partial charge in [0.1, 0.15) is 5.60 Å². The molecule has 0 radical (unpaired) electrons. The van der Waals surface area contributed by atoms with E-state index >= 15 is 0 Å². The third-order valence-corrected chi connectivity index (χ3v) is 4.72. The number of amides is 1. The quantitative estimate of drug-likeness (QED) is 0.819. The van der Waals surface area contributed by atoms with Crippen molar-refractivity contribution in [2.24, 2.45) is 5.92 Å². The maximum Gasteiger partial charge on any atom is 0.254 e. The molecule has 0 bridgehead atoms. The van der Waals surface area contributed by atoms with Gasteiger partial charge in [-0.05, 0) is 58.8 Å². The number of hydrogen-bond donors (Lipinski definition) is 1. The van der Waals surface area contributed by atoms with Crippen LogP contribution in [0.1, 0.15) is 25.7 Å². The normalized spacial score (nSPS) is 24.1. The molecular formula is C15H29N3O2. The van der Waals surface area contributed by atoms with Gasteiger partial charge in [0, 0.05) is 26.7 Å². The summed E-state index contributed by atoms with van der Waals surface area (Å²) in [7, 11) is 5.92. The molecule has 2 heterocycles. The minimum Gasteiger partial charge on any atom is -0.368 e. The highest BCUT2D eigenvalue weighted by atomic mass is 16.5. The summed E-state index contributed by atoms with van der Waals surface area (Å²) in [6.07, 6.45) is 3.81. The number of likely N-dealkylation sites (tertiary alicyclic amines) is 1. The SMILES string of the molecule is COC1(C(=O)N2CCC(CN(C)C)CC2)CCNCC1. The highest BCUT2D eigenvalue weighted by Crippen LogP contribution is 2.28. The van der Waals surface area contributed by atoms with Crippen LogP contribution in [0.5, 0.6) is 0 Å².